The van der Waals surface area contributed by atoms with Gasteiger partial charge in [-0.25, -0.2) is 18.0 Å². The fourth-order valence-corrected chi connectivity index (χ4v) is 3.44. The number of esters is 1. The van der Waals surface area contributed by atoms with Crippen LogP contribution in [0.5, 0.6) is 0 Å². The highest BCUT2D eigenvalue weighted by Gasteiger charge is 2.37. The minimum atomic E-state index is -1.48. The van der Waals surface area contributed by atoms with Crippen LogP contribution in [-0.2, 0) is 9.57 Å². The predicted molar refractivity (Wildman–Crippen MR) is 120 cm³/mol. The second-order valence-electron chi connectivity index (χ2n) is 7.89. The molecule has 3 aromatic rings. The van der Waals surface area contributed by atoms with Gasteiger partial charge in [-0.3, -0.25) is 14.4 Å². The summed E-state index contributed by atoms with van der Waals surface area (Å²) in [7, 11) is 0. The van der Waals surface area contributed by atoms with Gasteiger partial charge in [0, 0.05) is 0 Å². The Morgan fingerprint density at radius 2 is 1.64 bits per heavy atom. The molecule has 8 nitrogen and oxygen atoms in total. The van der Waals surface area contributed by atoms with Gasteiger partial charge in [-0.15, -0.1) is 5.06 Å². The molecule has 36 heavy (non-hydrogen) atoms. The summed E-state index contributed by atoms with van der Waals surface area (Å²) in [5.74, 6) is -6.03. The van der Waals surface area contributed by atoms with E-state index in [1.165, 1.54) is 30.3 Å². The number of carbonyl (C=O) groups excluding carboxylic acids is 3. The van der Waals surface area contributed by atoms with Gasteiger partial charge in [-0.1, -0.05) is 18.2 Å². The molecular formula is C25H19F3N2O6. The number of nitrogens with zero attached hydrogens (tertiary/aromatic N) is 1. The average molecular weight is 500 g/mol. The second-order valence-corrected chi connectivity index (χ2v) is 7.89. The van der Waals surface area contributed by atoms with E-state index in [9.17, 15) is 32.7 Å². The van der Waals surface area contributed by atoms with Gasteiger partial charge in [-0.2, -0.15) is 0 Å². The van der Waals surface area contributed by atoms with Gasteiger partial charge in [0.25, 0.3) is 11.8 Å². The van der Waals surface area contributed by atoms with Crippen LogP contribution in [0.1, 0.15) is 36.6 Å². The number of halogens is 3. The molecule has 4 rings (SSSR count). The summed E-state index contributed by atoms with van der Waals surface area (Å²) >= 11 is 0. The summed E-state index contributed by atoms with van der Waals surface area (Å²) in [6.07, 6.45) is -1.48. The number of nitrogens with one attached hydrogen (secondary N) is 1. The molecule has 0 radical (unpaired) electrons. The minimum Gasteiger partial charge on any atom is -0.459 e. The first kappa shape index (κ1) is 24.9. The number of carbonyl (C=O) groups is 3. The largest absolute Gasteiger partial charge is 0.459 e. The van der Waals surface area contributed by atoms with Crippen LogP contribution in [0.3, 0.4) is 0 Å². The van der Waals surface area contributed by atoms with Crippen LogP contribution in [0.2, 0.25) is 0 Å². The van der Waals surface area contributed by atoms with Gasteiger partial charge in [0.15, 0.2) is 11.6 Å². The van der Waals surface area contributed by atoms with E-state index in [2.05, 4.69) is 5.32 Å². The number of hydroxylamine groups is 2. The number of aliphatic hydroxyl groups excluding tert-OH is 1. The standard InChI is InChI=1S/C25H19F3N2O6/c1-13-6-9-20(19(27)10-13)29-22-17(7-8-18(26)21(22)28)25(34)35-11-14(31)12-36-30-23(32)15-4-2-3-5-16(15)24(30)33/h2-10,14,29,31H,11-12H2,1H3/t14-/m0/s1. The van der Waals surface area contributed by atoms with Crippen molar-refractivity contribution in [3.63, 3.8) is 0 Å². The van der Waals surface area contributed by atoms with Crippen molar-refractivity contribution in [2.45, 2.75) is 13.0 Å². The first-order valence-corrected chi connectivity index (χ1v) is 10.6. The predicted octanol–water partition coefficient (Wildman–Crippen LogP) is 3.90. The number of hydrogen-bond donors (Lipinski definition) is 2. The zero-order valence-corrected chi connectivity index (χ0v) is 18.8. The monoisotopic (exact) mass is 500 g/mol. The fourth-order valence-electron chi connectivity index (χ4n) is 3.44. The zero-order chi connectivity index (χ0) is 26.0. The molecule has 1 aliphatic rings. The molecule has 3 aromatic carbocycles. The molecular weight excluding hydrogens is 481 g/mol. The van der Waals surface area contributed by atoms with E-state index in [4.69, 9.17) is 9.57 Å². The quantitative estimate of drug-likeness (QED) is 0.357. The maximum Gasteiger partial charge on any atom is 0.340 e. The van der Waals surface area contributed by atoms with Crippen LogP contribution in [-0.4, -0.2) is 47.3 Å². The number of ether oxygens (including phenoxy) is 1. The number of benzene rings is 3. The van der Waals surface area contributed by atoms with Gasteiger partial charge >= 0.3 is 5.97 Å². The molecule has 2 amide bonds. The first-order chi connectivity index (χ1) is 17.2. The zero-order valence-electron chi connectivity index (χ0n) is 18.8. The Kier molecular flexibility index (Phi) is 7.04. The Morgan fingerprint density at radius 1 is 0.972 bits per heavy atom. The SMILES string of the molecule is Cc1ccc(Nc2c(C(=O)OC[C@H](O)CON3C(=O)c4ccccc4C3=O)ccc(F)c2F)c(F)c1. The Labute approximate surface area is 202 Å². The van der Waals surface area contributed by atoms with E-state index in [0.29, 0.717) is 16.7 Å². The molecule has 0 unspecified atom stereocenters. The lowest BCUT2D eigenvalue weighted by Crippen LogP contribution is -2.34. The third-order valence-electron chi connectivity index (χ3n) is 5.26. The highest BCUT2D eigenvalue weighted by Crippen LogP contribution is 2.29. The van der Waals surface area contributed by atoms with Crippen LogP contribution in [0, 0.1) is 24.4 Å². The Bertz CT molecular complexity index is 1330. The van der Waals surface area contributed by atoms with Crippen molar-refractivity contribution >= 4 is 29.2 Å². The molecule has 0 saturated carbocycles. The summed E-state index contributed by atoms with van der Waals surface area (Å²) in [4.78, 5) is 42.2. The molecule has 1 aliphatic heterocycles. The number of rotatable bonds is 8. The normalized spacial score (nSPS) is 13.5. The highest BCUT2D eigenvalue weighted by molar-refractivity contribution is 6.20. The van der Waals surface area contributed by atoms with Crippen LogP contribution >= 0.6 is 0 Å². The van der Waals surface area contributed by atoms with Gasteiger partial charge in [0.05, 0.1) is 28.1 Å². The van der Waals surface area contributed by atoms with Crippen molar-refractivity contribution in [1.82, 2.24) is 5.06 Å². The fraction of sp³-hybridized carbons (Fsp3) is 0.160. The molecule has 0 aromatic heterocycles. The van der Waals surface area contributed by atoms with Gasteiger partial charge in [0.2, 0.25) is 0 Å². The van der Waals surface area contributed by atoms with Gasteiger partial charge in [0.1, 0.15) is 25.1 Å². The number of anilines is 2. The third kappa shape index (κ3) is 4.92. The Balaban J connectivity index is 1.40. The molecule has 0 aliphatic carbocycles. The van der Waals surface area contributed by atoms with E-state index in [-0.39, 0.29) is 16.8 Å². The van der Waals surface area contributed by atoms with Crippen molar-refractivity contribution in [1.29, 1.82) is 0 Å². The van der Waals surface area contributed by atoms with E-state index in [0.717, 1.165) is 6.07 Å². The molecule has 0 fully saturated rings. The summed E-state index contributed by atoms with van der Waals surface area (Å²) < 4.78 is 47.5. The molecule has 0 spiro atoms. The lowest BCUT2D eigenvalue weighted by molar-refractivity contribution is -0.122. The van der Waals surface area contributed by atoms with Gasteiger partial charge in [-0.05, 0) is 48.9 Å². The van der Waals surface area contributed by atoms with E-state index in [1.54, 1.807) is 19.1 Å². The number of aryl methyl sites for hydroxylation is 1. The molecule has 1 atom stereocenters. The highest BCUT2D eigenvalue weighted by atomic mass is 19.2. The summed E-state index contributed by atoms with van der Waals surface area (Å²) in [6.45, 7) is 0.386. The van der Waals surface area contributed by atoms with Gasteiger partial charge < -0.3 is 15.2 Å². The maximum absolute atomic E-state index is 14.5. The molecule has 0 bridgehead atoms. The van der Waals surface area contributed by atoms with Crippen molar-refractivity contribution in [3.05, 3.63) is 94.3 Å². The number of aliphatic hydroxyl groups is 1. The Hall–Kier alpha value is -4.22. The summed E-state index contributed by atoms with van der Waals surface area (Å²) in [6, 6.07) is 11.7. The van der Waals surface area contributed by atoms with Crippen LogP contribution < -0.4 is 5.32 Å². The summed E-state index contributed by atoms with van der Waals surface area (Å²) in [5, 5.41) is 13.0. The second kappa shape index (κ2) is 10.2. The minimum absolute atomic E-state index is 0.145. The number of imide groups is 1. The smallest absolute Gasteiger partial charge is 0.340 e. The number of hydrogen-bond acceptors (Lipinski definition) is 7. The molecule has 11 heteroatoms. The summed E-state index contributed by atoms with van der Waals surface area (Å²) in [5.41, 5.74) is -0.427. The number of amides is 2. The Morgan fingerprint density at radius 3 is 2.28 bits per heavy atom. The number of fused-ring (bicyclic) bond motifs is 1. The van der Waals surface area contributed by atoms with E-state index in [1.807, 2.05) is 0 Å². The van der Waals surface area contributed by atoms with Crippen LogP contribution in [0.25, 0.3) is 0 Å². The van der Waals surface area contributed by atoms with E-state index >= 15 is 0 Å². The topological polar surface area (TPSA) is 105 Å². The third-order valence-corrected chi connectivity index (χ3v) is 5.26. The first-order valence-electron chi connectivity index (χ1n) is 10.6. The molecule has 1 heterocycles. The lowest BCUT2D eigenvalue weighted by atomic mass is 10.1. The van der Waals surface area contributed by atoms with Crippen molar-refractivity contribution < 1.29 is 42.2 Å². The van der Waals surface area contributed by atoms with Crippen molar-refractivity contribution in [2.24, 2.45) is 0 Å². The molecule has 0 saturated heterocycles. The molecule has 186 valence electrons. The maximum atomic E-state index is 14.5. The lowest BCUT2D eigenvalue weighted by Gasteiger charge is -2.17. The van der Waals surface area contributed by atoms with E-state index < -0.39 is 65.8 Å². The average Bonchev–Trinajstić information content (AvgIpc) is 3.10. The van der Waals surface area contributed by atoms with Crippen molar-refractivity contribution in [2.75, 3.05) is 18.5 Å². The van der Waals surface area contributed by atoms with Crippen LogP contribution in [0.4, 0.5) is 24.5 Å². The van der Waals surface area contributed by atoms with Crippen molar-refractivity contribution in [3.8, 4) is 0 Å². The van der Waals surface area contributed by atoms with Crippen LogP contribution in [0.15, 0.2) is 54.6 Å². The molecule has 2 N–H and O–H groups in total.